The van der Waals surface area contributed by atoms with E-state index < -0.39 is 35.5 Å². The Morgan fingerprint density at radius 1 is 1.28 bits per heavy atom. The zero-order valence-corrected chi connectivity index (χ0v) is 17.3. The topological polar surface area (TPSA) is 101 Å². The first-order valence-electron chi connectivity index (χ1n) is 10.5. The molecule has 0 aliphatic heterocycles. The van der Waals surface area contributed by atoms with Crippen LogP contribution in [0.2, 0.25) is 0 Å². The van der Waals surface area contributed by atoms with Crippen molar-refractivity contribution < 1.29 is 29.3 Å². The Balaban J connectivity index is 1.66. The highest BCUT2D eigenvalue weighted by molar-refractivity contribution is 6.01. The third-order valence-corrected chi connectivity index (χ3v) is 8.52. The van der Waals surface area contributed by atoms with Gasteiger partial charge in [-0.3, -0.25) is 14.4 Å². The summed E-state index contributed by atoms with van der Waals surface area (Å²) in [6, 6.07) is 0. The third kappa shape index (κ3) is 2.79. The molecule has 2 N–H and O–H groups in total. The molecule has 3 saturated carbocycles. The summed E-state index contributed by atoms with van der Waals surface area (Å²) < 4.78 is 4.88. The number of fused-ring (bicyclic) bond motifs is 5. The van der Waals surface area contributed by atoms with Gasteiger partial charge < -0.3 is 14.9 Å². The van der Waals surface area contributed by atoms with Gasteiger partial charge in [-0.1, -0.05) is 25.5 Å². The molecule has 0 aromatic heterocycles. The van der Waals surface area contributed by atoms with Crippen LogP contribution in [0, 0.1) is 28.6 Å². The molecule has 0 bridgehead atoms. The van der Waals surface area contributed by atoms with E-state index in [0.717, 1.165) is 18.4 Å². The van der Waals surface area contributed by atoms with Gasteiger partial charge in [0, 0.05) is 23.7 Å². The molecule has 0 saturated heterocycles. The number of ketones is 2. The first-order chi connectivity index (χ1) is 13.5. The summed E-state index contributed by atoms with van der Waals surface area (Å²) in [5.74, 6) is -0.836. The lowest BCUT2D eigenvalue weighted by Crippen LogP contribution is -2.61. The lowest BCUT2D eigenvalue weighted by atomic mass is 9.46. The van der Waals surface area contributed by atoms with E-state index >= 15 is 0 Å². The van der Waals surface area contributed by atoms with Crippen LogP contribution in [0.25, 0.3) is 0 Å². The zero-order chi connectivity index (χ0) is 21.2. The third-order valence-electron chi connectivity index (χ3n) is 8.52. The Kier molecular flexibility index (Phi) is 4.67. The number of carbonyl (C=O) groups is 3. The summed E-state index contributed by atoms with van der Waals surface area (Å²) >= 11 is 0. The van der Waals surface area contributed by atoms with E-state index in [1.165, 1.54) is 6.92 Å². The van der Waals surface area contributed by atoms with Gasteiger partial charge in [-0.05, 0) is 56.1 Å². The van der Waals surface area contributed by atoms with Crippen molar-refractivity contribution in [3.8, 4) is 0 Å². The number of ether oxygens (including phenoxy) is 1. The lowest BCUT2D eigenvalue weighted by Gasteiger charge is -2.59. The molecule has 4 aliphatic carbocycles. The highest BCUT2D eigenvalue weighted by atomic mass is 16.5. The van der Waals surface area contributed by atoms with E-state index in [1.807, 2.05) is 13.0 Å². The van der Waals surface area contributed by atoms with Crippen LogP contribution in [0.4, 0.5) is 0 Å². The number of aliphatic hydroxyl groups is 2. The number of allylic oxidation sites excluding steroid dienone is 4. The molecule has 158 valence electrons. The highest BCUT2D eigenvalue weighted by Gasteiger charge is 2.68. The van der Waals surface area contributed by atoms with Crippen LogP contribution in [-0.4, -0.2) is 46.1 Å². The SMILES string of the molecule is CC(=O)OCC(=O)[C@]1(O)CC[C@@H]2[C@@H]3CCC4=CC(=O)C=C[C@@]4(C)[C@@H]3[C@@H](O)C[C@@]21C. The fourth-order valence-electron chi connectivity index (χ4n) is 7.08. The molecule has 6 nitrogen and oxygen atoms in total. The van der Waals surface area contributed by atoms with Gasteiger partial charge in [-0.15, -0.1) is 0 Å². The second-order valence-electron chi connectivity index (χ2n) is 9.81. The maximum atomic E-state index is 12.9. The van der Waals surface area contributed by atoms with Crippen molar-refractivity contribution in [2.75, 3.05) is 6.61 Å². The first kappa shape index (κ1) is 20.5. The Bertz CT molecular complexity index is 827. The quantitative estimate of drug-likeness (QED) is 0.702. The van der Waals surface area contributed by atoms with Crippen molar-refractivity contribution in [1.29, 1.82) is 0 Å². The molecule has 0 aromatic rings. The van der Waals surface area contributed by atoms with Gasteiger partial charge in [0.1, 0.15) is 5.60 Å². The molecule has 3 fully saturated rings. The van der Waals surface area contributed by atoms with Gasteiger partial charge in [0.05, 0.1) is 6.10 Å². The van der Waals surface area contributed by atoms with Crippen molar-refractivity contribution in [3.05, 3.63) is 23.8 Å². The van der Waals surface area contributed by atoms with Crippen LogP contribution >= 0.6 is 0 Å². The number of hydrogen-bond donors (Lipinski definition) is 2. The number of rotatable bonds is 3. The van der Waals surface area contributed by atoms with E-state index in [0.29, 0.717) is 19.3 Å². The molecule has 7 atom stereocenters. The van der Waals surface area contributed by atoms with Gasteiger partial charge in [0.25, 0.3) is 0 Å². The maximum Gasteiger partial charge on any atom is 0.303 e. The summed E-state index contributed by atoms with van der Waals surface area (Å²) in [6.45, 7) is 4.80. The maximum absolute atomic E-state index is 12.9. The molecule has 0 radical (unpaired) electrons. The minimum absolute atomic E-state index is 0.00243. The minimum Gasteiger partial charge on any atom is -0.458 e. The number of esters is 1. The predicted octanol–water partition coefficient (Wildman–Crippen LogP) is 2.13. The van der Waals surface area contributed by atoms with Crippen LogP contribution in [0.5, 0.6) is 0 Å². The van der Waals surface area contributed by atoms with E-state index in [9.17, 15) is 24.6 Å². The van der Waals surface area contributed by atoms with E-state index in [1.54, 1.807) is 12.2 Å². The molecule has 6 heteroatoms. The van der Waals surface area contributed by atoms with Gasteiger partial charge in [-0.2, -0.15) is 0 Å². The fourth-order valence-corrected chi connectivity index (χ4v) is 7.08. The second kappa shape index (κ2) is 6.61. The summed E-state index contributed by atoms with van der Waals surface area (Å²) in [5, 5.41) is 22.7. The van der Waals surface area contributed by atoms with Gasteiger partial charge >= 0.3 is 5.97 Å². The van der Waals surface area contributed by atoms with Crippen LogP contribution < -0.4 is 0 Å². The Labute approximate surface area is 171 Å². The second-order valence-corrected chi connectivity index (χ2v) is 9.81. The number of Topliss-reactive ketones (excluding diaryl/α,β-unsaturated/α-hetero) is 1. The summed E-state index contributed by atoms with van der Waals surface area (Å²) in [5.41, 5.74) is -1.67. The Morgan fingerprint density at radius 2 is 2.00 bits per heavy atom. The van der Waals surface area contributed by atoms with E-state index in [2.05, 4.69) is 6.92 Å². The molecule has 29 heavy (non-hydrogen) atoms. The van der Waals surface area contributed by atoms with Crippen LogP contribution in [0.3, 0.4) is 0 Å². The summed E-state index contributed by atoms with van der Waals surface area (Å²) in [6.07, 6.45) is 7.50. The largest absolute Gasteiger partial charge is 0.458 e. The van der Waals surface area contributed by atoms with E-state index in [4.69, 9.17) is 4.74 Å². The molecular weight excluding hydrogens is 372 g/mol. The van der Waals surface area contributed by atoms with Gasteiger partial charge in [0.15, 0.2) is 12.4 Å². The number of hydrogen-bond acceptors (Lipinski definition) is 6. The van der Waals surface area contributed by atoms with Gasteiger partial charge in [-0.25, -0.2) is 0 Å². The first-order valence-corrected chi connectivity index (χ1v) is 10.5. The molecule has 0 unspecified atom stereocenters. The van der Waals surface area contributed by atoms with Crippen molar-refractivity contribution in [3.63, 3.8) is 0 Å². The zero-order valence-electron chi connectivity index (χ0n) is 17.3. The smallest absolute Gasteiger partial charge is 0.303 e. The van der Waals surface area contributed by atoms with E-state index in [-0.39, 0.29) is 29.0 Å². The van der Waals surface area contributed by atoms with Crippen molar-refractivity contribution in [2.24, 2.45) is 28.6 Å². The summed E-state index contributed by atoms with van der Waals surface area (Å²) in [7, 11) is 0. The van der Waals surface area contributed by atoms with Crippen molar-refractivity contribution >= 4 is 17.5 Å². The fraction of sp³-hybridized carbons (Fsp3) is 0.696. The molecule has 0 heterocycles. The molecular formula is C23H30O6. The monoisotopic (exact) mass is 402 g/mol. The van der Waals surface area contributed by atoms with Crippen LogP contribution in [0.1, 0.15) is 52.9 Å². The predicted molar refractivity (Wildman–Crippen MR) is 105 cm³/mol. The van der Waals surface area contributed by atoms with Gasteiger partial charge in [0.2, 0.25) is 5.78 Å². The lowest BCUT2D eigenvalue weighted by molar-refractivity contribution is -0.181. The molecule has 0 aromatic carbocycles. The Morgan fingerprint density at radius 3 is 2.69 bits per heavy atom. The Hall–Kier alpha value is -1.79. The molecule has 4 aliphatic rings. The van der Waals surface area contributed by atoms with Crippen LogP contribution in [-0.2, 0) is 19.1 Å². The average Bonchev–Trinajstić information content (AvgIpc) is 2.91. The molecule has 4 rings (SSSR count). The summed E-state index contributed by atoms with van der Waals surface area (Å²) in [4.78, 5) is 35.9. The average molecular weight is 402 g/mol. The number of carbonyl (C=O) groups excluding carboxylic acids is 3. The van der Waals surface area contributed by atoms with Crippen molar-refractivity contribution in [2.45, 2.75) is 64.6 Å². The van der Waals surface area contributed by atoms with Crippen LogP contribution in [0.15, 0.2) is 23.8 Å². The van der Waals surface area contributed by atoms with Crippen molar-refractivity contribution in [1.82, 2.24) is 0 Å². The normalized spacial score (nSPS) is 45.7. The standard InChI is InChI=1S/C23H30O6/c1-13(24)29-12-19(27)23(28)9-7-17-16-5-4-14-10-15(25)6-8-21(14,2)20(16)18(26)11-22(17,23)3/h6,8,10,16-18,20,26,28H,4-5,7,9,11-12H2,1-3H3/t16-,17+,18-,20-,21+,22-,23+/m0/s1. The number of aliphatic hydroxyl groups excluding tert-OH is 1. The molecule has 0 amide bonds. The minimum atomic E-state index is -1.60. The molecule has 0 spiro atoms. The highest BCUT2D eigenvalue weighted by Crippen LogP contribution is 2.67.